The Balaban J connectivity index is 1.42. The van der Waals surface area contributed by atoms with Crippen LogP contribution in [0.15, 0.2) is 18.2 Å². The molecule has 1 unspecified atom stereocenters. The number of piperidine rings is 2. The van der Waals surface area contributed by atoms with Crippen molar-refractivity contribution in [3.8, 4) is 0 Å². The average molecular weight is 484 g/mol. The first kappa shape index (κ1) is 25.0. The average Bonchev–Trinajstić information content (AvgIpc) is 3.23. The van der Waals surface area contributed by atoms with Crippen LogP contribution in [-0.2, 0) is 21.4 Å². The number of hydrogen-bond donors (Lipinski definition) is 1. The molecule has 2 aromatic rings. The van der Waals surface area contributed by atoms with Crippen LogP contribution < -0.4 is 10.2 Å². The summed E-state index contributed by atoms with van der Waals surface area (Å²) in [6.07, 6.45) is 5.83. The number of fused-ring (bicyclic) bond motifs is 1. The smallest absolute Gasteiger partial charge is 0.409 e. The number of aromatic nitrogens is 2. The van der Waals surface area contributed by atoms with Crippen LogP contribution in [0.25, 0.3) is 10.9 Å². The molecule has 1 N–H and O–H groups in total. The second-order valence-electron chi connectivity index (χ2n) is 9.74. The molecule has 3 heterocycles. The van der Waals surface area contributed by atoms with E-state index in [-0.39, 0.29) is 12.0 Å². The lowest BCUT2D eigenvalue weighted by Crippen LogP contribution is -2.42. The Hall–Kier alpha value is -3.10. The molecule has 2 saturated heterocycles. The van der Waals surface area contributed by atoms with Gasteiger partial charge in [-0.3, -0.25) is 9.48 Å². The van der Waals surface area contributed by atoms with E-state index in [0.29, 0.717) is 24.7 Å². The van der Waals surface area contributed by atoms with Crippen molar-refractivity contribution in [2.45, 2.75) is 44.4 Å². The minimum atomic E-state index is -0.443. The zero-order valence-corrected chi connectivity index (χ0v) is 21.0. The van der Waals surface area contributed by atoms with Crippen LogP contribution in [0.5, 0.6) is 0 Å². The molecular weight excluding hydrogens is 446 g/mol. The lowest BCUT2D eigenvalue weighted by molar-refractivity contribution is -0.122. The Labute approximate surface area is 206 Å². The second kappa shape index (κ2) is 11.1. The first-order valence-corrected chi connectivity index (χ1v) is 12.7. The van der Waals surface area contributed by atoms with Crippen molar-refractivity contribution < 1.29 is 19.1 Å². The summed E-state index contributed by atoms with van der Waals surface area (Å²) in [5.74, 6) is 0.814. The molecule has 0 bridgehead atoms. The lowest BCUT2D eigenvalue weighted by atomic mass is 9.79. The number of aldehydes is 1. The number of carbonyl (C=O) groups is 3. The predicted octanol–water partition coefficient (Wildman–Crippen LogP) is 3.08. The van der Waals surface area contributed by atoms with Gasteiger partial charge >= 0.3 is 6.09 Å². The third kappa shape index (κ3) is 5.28. The van der Waals surface area contributed by atoms with Gasteiger partial charge in [-0.2, -0.15) is 5.10 Å². The molecule has 2 aliphatic rings. The van der Waals surface area contributed by atoms with Crippen LogP contribution in [0.1, 0.15) is 50.1 Å². The number of benzene rings is 1. The van der Waals surface area contributed by atoms with Crippen LogP contribution in [-0.4, -0.2) is 73.3 Å². The van der Waals surface area contributed by atoms with E-state index in [1.807, 2.05) is 16.6 Å². The summed E-state index contributed by atoms with van der Waals surface area (Å²) in [6, 6.07) is 6.36. The molecular formula is C26H37N5O4. The van der Waals surface area contributed by atoms with Crippen molar-refractivity contribution in [1.82, 2.24) is 20.0 Å². The van der Waals surface area contributed by atoms with Crippen LogP contribution >= 0.6 is 0 Å². The summed E-state index contributed by atoms with van der Waals surface area (Å²) in [4.78, 5) is 39.5. The summed E-state index contributed by atoms with van der Waals surface area (Å²) >= 11 is 0. The number of nitrogens with zero attached hydrogens (tertiary/aromatic N) is 4. The van der Waals surface area contributed by atoms with Crippen molar-refractivity contribution in [3.05, 3.63) is 23.9 Å². The van der Waals surface area contributed by atoms with Crippen LogP contribution in [0.2, 0.25) is 0 Å². The van der Waals surface area contributed by atoms with E-state index in [1.54, 1.807) is 7.05 Å². The van der Waals surface area contributed by atoms with Gasteiger partial charge in [0.25, 0.3) is 0 Å². The highest BCUT2D eigenvalue weighted by Gasteiger charge is 2.31. The zero-order valence-electron chi connectivity index (χ0n) is 21.0. The van der Waals surface area contributed by atoms with Crippen molar-refractivity contribution in [1.29, 1.82) is 0 Å². The first-order valence-electron chi connectivity index (χ1n) is 12.7. The molecule has 9 nitrogen and oxygen atoms in total. The molecule has 1 atom stereocenters. The van der Waals surface area contributed by atoms with Crippen LogP contribution in [0, 0.1) is 11.8 Å². The number of likely N-dealkylation sites (tertiary alicyclic amines) is 1. The number of nitrogens with one attached hydrogen (secondary N) is 1. The standard InChI is InChI=1S/C26H37N5O4/c1-27-25(33)22(5-4-16-32)24-21-7-6-20(17-23(21)29(2)28-24)30-12-8-18(9-13-30)19-10-14-31(15-11-19)26(34)35-3/h6-7,16-19,22H,4-5,8-15H2,1-3H3,(H,27,33). The third-order valence-corrected chi connectivity index (χ3v) is 7.87. The van der Waals surface area contributed by atoms with Crippen LogP contribution in [0.3, 0.4) is 0 Å². The van der Waals surface area contributed by atoms with Gasteiger partial charge in [-0.15, -0.1) is 0 Å². The highest BCUT2D eigenvalue weighted by Crippen LogP contribution is 2.36. The molecule has 35 heavy (non-hydrogen) atoms. The fourth-order valence-corrected chi connectivity index (χ4v) is 5.84. The summed E-state index contributed by atoms with van der Waals surface area (Å²) in [6.45, 7) is 3.61. The van der Waals surface area contributed by atoms with Gasteiger partial charge < -0.3 is 24.6 Å². The zero-order chi connectivity index (χ0) is 24.9. The van der Waals surface area contributed by atoms with Gasteiger partial charge in [0.2, 0.25) is 5.91 Å². The Bertz CT molecular complexity index is 1050. The number of hydrogen-bond acceptors (Lipinski definition) is 6. The maximum atomic E-state index is 12.5. The quantitative estimate of drug-likeness (QED) is 0.608. The maximum absolute atomic E-state index is 12.5. The molecule has 0 aliphatic carbocycles. The summed E-state index contributed by atoms with van der Waals surface area (Å²) < 4.78 is 6.70. The molecule has 190 valence electrons. The second-order valence-corrected chi connectivity index (χ2v) is 9.74. The number of amides is 2. The molecule has 1 aromatic heterocycles. The van der Waals surface area contributed by atoms with Gasteiger partial charge in [0.1, 0.15) is 6.29 Å². The summed E-state index contributed by atoms with van der Waals surface area (Å²) in [5, 5.41) is 8.36. The molecule has 1 aromatic carbocycles. The van der Waals surface area contributed by atoms with Gasteiger partial charge in [0, 0.05) is 57.8 Å². The van der Waals surface area contributed by atoms with E-state index < -0.39 is 5.92 Å². The number of anilines is 1. The molecule has 2 fully saturated rings. The van der Waals surface area contributed by atoms with Gasteiger partial charge in [-0.1, -0.05) is 0 Å². The van der Waals surface area contributed by atoms with Crippen molar-refractivity contribution in [2.75, 3.05) is 45.2 Å². The Kier molecular flexibility index (Phi) is 7.93. The largest absolute Gasteiger partial charge is 0.453 e. The maximum Gasteiger partial charge on any atom is 0.409 e. The fraction of sp³-hybridized carbons (Fsp3) is 0.615. The number of ether oxygens (including phenoxy) is 1. The minimum Gasteiger partial charge on any atom is -0.453 e. The van der Waals surface area contributed by atoms with E-state index in [2.05, 4.69) is 33.5 Å². The number of carbonyl (C=O) groups excluding carboxylic acids is 3. The van der Waals surface area contributed by atoms with E-state index in [9.17, 15) is 14.4 Å². The summed E-state index contributed by atoms with van der Waals surface area (Å²) in [5.41, 5.74) is 2.90. The highest BCUT2D eigenvalue weighted by atomic mass is 16.5. The van der Waals surface area contributed by atoms with E-state index in [0.717, 1.165) is 74.7 Å². The molecule has 2 amide bonds. The lowest BCUT2D eigenvalue weighted by Gasteiger charge is -2.40. The molecule has 0 spiro atoms. The number of likely N-dealkylation sites (N-methyl/N-ethyl adjacent to an activating group) is 1. The fourth-order valence-electron chi connectivity index (χ4n) is 5.84. The van der Waals surface area contributed by atoms with Crippen molar-refractivity contribution >= 4 is 34.9 Å². The first-order chi connectivity index (χ1) is 17.0. The molecule has 9 heteroatoms. The predicted molar refractivity (Wildman–Crippen MR) is 134 cm³/mol. The Morgan fingerprint density at radius 2 is 1.80 bits per heavy atom. The minimum absolute atomic E-state index is 0.115. The summed E-state index contributed by atoms with van der Waals surface area (Å²) in [7, 11) is 4.97. The monoisotopic (exact) mass is 483 g/mol. The van der Waals surface area contributed by atoms with Crippen molar-refractivity contribution in [3.63, 3.8) is 0 Å². The third-order valence-electron chi connectivity index (χ3n) is 7.87. The SMILES string of the molecule is CNC(=O)C(CCC=O)c1nn(C)c2cc(N3CCC(C4CCN(C(=O)OC)CC4)CC3)ccc12. The van der Waals surface area contributed by atoms with Gasteiger partial charge in [0.05, 0.1) is 24.2 Å². The van der Waals surface area contributed by atoms with Gasteiger partial charge in [-0.25, -0.2) is 4.79 Å². The van der Waals surface area contributed by atoms with Crippen molar-refractivity contribution in [2.24, 2.45) is 18.9 Å². The Morgan fingerprint density at radius 3 is 2.40 bits per heavy atom. The molecule has 4 rings (SSSR count). The number of methoxy groups -OCH3 is 1. The number of aryl methyl sites for hydroxylation is 1. The molecule has 2 aliphatic heterocycles. The normalized spacial score (nSPS) is 18.5. The Morgan fingerprint density at radius 1 is 1.14 bits per heavy atom. The van der Waals surface area contributed by atoms with E-state index in [4.69, 9.17) is 4.74 Å². The van der Waals surface area contributed by atoms with E-state index in [1.165, 1.54) is 12.8 Å². The van der Waals surface area contributed by atoms with Gasteiger partial charge in [-0.05, 0) is 62.1 Å². The number of rotatable bonds is 7. The molecule has 0 radical (unpaired) electrons. The topological polar surface area (TPSA) is 96.8 Å². The van der Waals surface area contributed by atoms with Gasteiger partial charge in [0.15, 0.2) is 0 Å². The molecule has 0 saturated carbocycles. The van der Waals surface area contributed by atoms with Crippen LogP contribution in [0.4, 0.5) is 10.5 Å². The van der Waals surface area contributed by atoms with E-state index >= 15 is 0 Å². The highest BCUT2D eigenvalue weighted by molar-refractivity contribution is 5.92.